The quantitative estimate of drug-likeness (QED) is 0.618. The van der Waals surface area contributed by atoms with Crippen LogP contribution in [0.1, 0.15) is 21.5 Å². The number of nitroso groups, excluding NO2 is 1. The predicted molar refractivity (Wildman–Crippen MR) is 65.5 cm³/mol. The van der Waals surface area contributed by atoms with Gasteiger partial charge in [-0.2, -0.15) is 12.6 Å². The normalized spacial score (nSPS) is 9.94. The Labute approximate surface area is 103 Å². The number of nitrogens with zero attached hydrogens (tertiary/aromatic N) is 1. The molecule has 1 aromatic carbocycles. The number of carboxylic acid groups (broad SMARTS) is 1. The Balaban J connectivity index is 3.27. The van der Waals surface area contributed by atoms with Gasteiger partial charge in [0.05, 0.1) is 12.0 Å². The third-order valence-electron chi connectivity index (χ3n) is 2.26. The zero-order valence-corrected chi connectivity index (χ0v) is 9.81. The monoisotopic (exact) mass is 253 g/mol. The number of carboxylic acids is 1. The Kier molecular flexibility index (Phi) is 4.84. The van der Waals surface area contributed by atoms with Gasteiger partial charge in [-0.15, -0.1) is 4.91 Å². The molecule has 0 aliphatic heterocycles. The molecule has 1 N–H and O–H groups in total. The maximum atomic E-state index is 11.4. The minimum atomic E-state index is -1.06. The van der Waals surface area contributed by atoms with Crippen molar-refractivity contribution in [2.24, 2.45) is 5.18 Å². The molecule has 0 saturated carbocycles. The van der Waals surface area contributed by atoms with Gasteiger partial charge < -0.3 is 5.11 Å². The summed E-state index contributed by atoms with van der Waals surface area (Å²) in [5, 5.41) is 11.1. The number of aliphatic carboxylic acids is 1. The number of amides is 1. The van der Waals surface area contributed by atoms with E-state index in [1.165, 1.54) is 6.07 Å². The molecule has 0 fully saturated rings. The lowest BCUT2D eigenvalue weighted by atomic mass is 9.97. The summed E-state index contributed by atoms with van der Waals surface area (Å²) in [6.45, 7) is 0. The number of hydrogen-bond acceptors (Lipinski definition) is 4. The van der Waals surface area contributed by atoms with Crippen LogP contribution in [0, 0.1) is 4.91 Å². The second kappa shape index (κ2) is 6.15. The molecule has 17 heavy (non-hydrogen) atoms. The van der Waals surface area contributed by atoms with E-state index >= 15 is 0 Å². The SMILES string of the molecule is O=NC(=O)c1c(CCS)cccc1CC(=O)O. The molecule has 0 spiro atoms. The molecule has 0 unspecified atom stereocenters. The van der Waals surface area contributed by atoms with Gasteiger partial charge in [0.25, 0.3) is 0 Å². The van der Waals surface area contributed by atoms with Crippen molar-refractivity contribution in [3.05, 3.63) is 39.8 Å². The van der Waals surface area contributed by atoms with Crippen molar-refractivity contribution in [2.75, 3.05) is 5.75 Å². The fraction of sp³-hybridized carbons (Fsp3) is 0.273. The van der Waals surface area contributed by atoms with E-state index in [0.29, 0.717) is 23.3 Å². The summed E-state index contributed by atoms with van der Waals surface area (Å²) < 4.78 is 0. The zero-order chi connectivity index (χ0) is 12.8. The van der Waals surface area contributed by atoms with E-state index in [9.17, 15) is 14.5 Å². The van der Waals surface area contributed by atoms with Crippen LogP contribution in [0.25, 0.3) is 0 Å². The minimum Gasteiger partial charge on any atom is -0.481 e. The summed E-state index contributed by atoms with van der Waals surface area (Å²) in [5.74, 6) is -1.50. The first kappa shape index (κ1) is 13.4. The van der Waals surface area contributed by atoms with Gasteiger partial charge in [0.2, 0.25) is 0 Å². The number of thiol groups is 1. The van der Waals surface area contributed by atoms with Gasteiger partial charge in [-0.1, -0.05) is 18.2 Å². The fourth-order valence-electron chi connectivity index (χ4n) is 1.61. The molecule has 0 bridgehead atoms. The molecule has 6 heteroatoms. The van der Waals surface area contributed by atoms with Crippen LogP contribution in [0.3, 0.4) is 0 Å². The average molecular weight is 253 g/mol. The van der Waals surface area contributed by atoms with Gasteiger partial charge in [-0.05, 0) is 23.3 Å². The molecule has 90 valence electrons. The maximum Gasteiger partial charge on any atom is 0.317 e. The minimum absolute atomic E-state index is 0.0963. The Morgan fingerprint density at radius 2 is 1.94 bits per heavy atom. The van der Waals surface area contributed by atoms with E-state index in [0.717, 1.165) is 0 Å². The molecule has 0 saturated heterocycles. The Hall–Kier alpha value is -1.69. The molecule has 0 heterocycles. The van der Waals surface area contributed by atoms with E-state index in [2.05, 4.69) is 17.8 Å². The predicted octanol–water partition coefficient (Wildman–Crippen LogP) is 1.69. The first-order valence-corrected chi connectivity index (χ1v) is 5.54. The van der Waals surface area contributed by atoms with Gasteiger partial charge in [0.1, 0.15) is 0 Å². The Morgan fingerprint density at radius 1 is 1.29 bits per heavy atom. The van der Waals surface area contributed by atoms with Crippen LogP contribution in [-0.4, -0.2) is 22.7 Å². The van der Waals surface area contributed by atoms with Crippen LogP contribution in [0.15, 0.2) is 23.4 Å². The highest BCUT2D eigenvalue weighted by molar-refractivity contribution is 7.80. The molecule has 1 aromatic rings. The number of hydrogen-bond donors (Lipinski definition) is 2. The lowest BCUT2D eigenvalue weighted by Gasteiger charge is -2.08. The molecule has 0 aliphatic carbocycles. The van der Waals surface area contributed by atoms with Crippen molar-refractivity contribution in [3.8, 4) is 0 Å². The largest absolute Gasteiger partial charge is 0.481 e. The van der Waals surface area contributed by atoms with Crippen LogP contribution in [0.2, 0.25) is 0 Å². The molecule has 0 aliphatic rings. The summed E-state index contributed by atoms with van der Waals surface area (Å²) in [6.07, 6.45) is 0.171. The van der Waals surface area contributed by atoms with E-state index < -0.39 is 11.9 Å². The molecular weight excluding hydrogens is 242 g/mol. The number of benzene rings is 1. The topological polar surface area (TPSA) is 83.8 Å². The van der Waals surface area contributed by atoms with E-state index in [4.69, 9.17) is 5.11 Å². The molecule has 1 rings (SSSR count). The molecule has 1 amide bonds. The van der Waals surface area contributed by atoms with Crippen molar-refractivity contribution in [2.45, 2.75) is 12.8 Å². The number of aryl methyl sites for hydroxylation is 1. The lowest BCUT2D eigenvalue weighted by molar-refractivity contribution is -0.136. The highest BCUT2D eigenvalue weighted by Gasteiger charge is 2.18. The smallest absolute Gasteiger partial charge is 0.317 e. The first-order valence-electron chi connectivity index (χ1n) is 4.91. The third-order valence-corrected chi connectivity index (χ3v) is 2.48. The van der Waals surface area contributed by atoms with Crippen molar-refractivity contribution < 1.29 is 14.7 Å². The zero-order valence-electron chi connectivity index (χ0n) is 8.92. The van der Waals surface area contributed by atoms with Crippen LogP contribution >= 0.6 is 12.6 Å². The van der Waals surface area contributed by atoms with E-state index in [-0.39, 0.29) is 12.0 Å². The van der Waals surface area contributed by atoms with Gasteiger partial charge in [0.15, 0.2) is 0 Å². The van der Waals surface area contributed by atoms with Gasteiger partial charge in [-0.3, -0.25) is 9.59 Å². The highest BCUT2D eigenvalue weighted by Crippen LogP contribution is 2.18. The van der Waals surface area contributed by atoms with Crippen molar-refractivity contribution in [1.82, 2.24) is 0 Å². The summed E-state index contributed by atoms with van der Waals surface area (Å²) in [6, 6.07) is 4.83. The van der Waals surface area contributed by atoms with Crippen LogP contribution in [0.5, 0.6) is 0 Å². The average Bonchev–Trinajstić information content (AvgIpc) is 2.28. The Morgan fingerprint density at radius 3 is 2.47 bits per heavy atom. The molecule has 0 atom stereocenters. The van der Waals surface area contributed by atoms with Crippen LogP contribution < -0.4 is 0 Å². The highest BCUT2D eigenvalue weighted by atomic mass is 32.1. The van der Waals surface area contributed by atoms with Crippen LogP contribution in [-0.2, 0) is 17.6 Å². The van der Waals surface area contributed by atoms with Crippen molar-refractivity contribution in [3.63, 3.8) is 0 Å². The van der Waals surface area contributed by atoms with Crippen LogP contribution in [0.4, 0.5) is 0 Å². The molecule has 0 radical (unpaired) electrons. The van der Waals surface area contributed by atoms with Gasteiger partial charge in [0, 0.05) is 5.18 Å². The first-order chi connectivity index (χ1) is 8.10. The summed E-state index contributed by atoms with van der Waals surface area (Å²) in [4.78, 5) is 32.4. The van der Waals surface area contributed by atoms with E-state index in [1.54, 1.807) is 12.1 Å². The van der Waals surface area contributed by atoms with Gasteiger partial charge >= 0.3 is 11.9 Å². The maximum absolute atomic E-state index is 11.4. The Bertz CT molecular complexity index is 459. The third kappa shape index (κ3) is 3.39. The van der Waals surface area contributed by atoms with Crippen molar-refractivity contribution >= 4 is 24.5 Å². The summed E-state index contributed by atoms with van der Waals surface area (Å²) in [7, 11) is 0. The second-order valence-electron chi connectivity index (χ2n) is 3.39. The van der Waals surface area contributed by atoms with E-state index in [1.807, 2.05) is 0 Å². The molecule has 0 aromatic heterocycles. The number of rotatable bonds is 5. The molecule has 5 nitrogen and oxygen atoms in total. The van der Waals surface area contributed by atoms with Gasteiger partial charge in [-0.25, -0.2) is 0 Å². The summed E-state index contributed by atoms with van der Waals surface area (Å²) in [5.41, 5.74) is 1.00. The standard InChI is InChI=1S/C11H11NO4S/c13-9(14)6-8-3-1-2-7(4-5-17)10(8)11(15)12-16/h1-3,17H,4-6H2,(H,13,14). The number of carbonyl (C=O) groups is 2. The lowest BCUT2D eigenvalue weighted by Crippen LogP contribution is -2.10. The molecular formula is C11H11NO4S. The second-order valence-corrected chi connectivity index (χ2v) is 3.84. The number of carbonyl (C=O) groups excluding carboxylic acids is 1. The van der Waals surface area contributed by atoms with Crippen molar-refractivity contribution in [1.29, 1.82) is 0 Å². The fourth-order valence-corrected chi connectivity index (χ4v) is 1.85. The summed E-state index contributed by atoms with van der Waals surface area (Å²) >= 11 is 4.04.